The minimum Gasteiger partial charge on any atom is -0.490 e. The molecule has 0 aromatic carbocycles. The summed E-state index contributed by atoms with van der Waals surface area (Å²) < 4.78 is 7.55. The SMILES string of the molecule is Cc1cc(OC2CCN(C(=O)Cc3cccs3)CC2)cc(=O)n1C. The Kier molecular flexibility index (Phi) is 5.04. The van der Waals surface area contributed by atoms with Crippen molar-refractivity contribution in [3.8, 4) is 5.75 Å². The average molecular weight is 346 g/mol. The van der Waals surface area contributed by atoms with Crippen LogP contribution in [0.4, 0.5) is 0 Å². The largest absolute Gasteiger partial charge is 0.490 e. The van der Waals surface area contributed by atoms with Crippen LogP contribution in [0.5, 0.6) is 5.75 Å². The molecule has 1 saturated heterocycles. The van der Waals surface area contributed by atoms with Crippen LogP contribution < -0.4 is 10.3 Å². The molecule has 3 heterocycles. The molecule has 1 aliphatic heterocycles. The lowest BCUT2D eigenvalue weighted by atomic mass is 10.1. The van der Waals surface area contributed by atoms with E-state index in [1.807, 2.05) is 35.4 Å². The number of hydrogen-bond acceptors (Lipinski definition) is 4. The summed E-state index contributed by atoms with van der Waals surface area (Å²) >= 11 is 1.62. The van der Waals surface area contributed by atoms with Crippen molar-refractivity contribution in [3.05, 3.63) is 50.6 Å². The van der Waals surface area contributed by atoms with Gasteiger partial charge in [0.25, 0.3) is 5.56 Å². The average Bonchev–Trinajstić information content (AvgIpc) is 3.06. The molecule has 0 aliphatic carbocycles. The van der Waals surface area contributed by atoms with Gasteiger partial charge in [0.1, 0.15) is 11.9 Å². The molecule has 3 rings (SSSR count). The number of ether oxygens (including phenoxy) is 1. The van der Waals surface area contributed by atoms with Crippen LogP contribution in [-0.2, 0) is 18.3 Å². The fraction of sp³-hybridized carbons (Fsp3) is 0.444. The van der Waals surface area contributed by atoms with Gasteiger partial charge in [0.05, 0.1) is 6.42 Å². The first kappa shape index (κ1) is 16.8. The van der Waals surface area contributed by atoms with E-state index >= 15 is 0 Å². The molecule has 0 radical (unpaired) electrons. The first-order valence-corrected chi connectivity index (χ1v) is 9.05. The summed E-state index contributed by atoms with van der Waals surface area (Å²) in [7, 11) is 1.75. The number of nitrogens with zero attached hydrogens (tertiary/aromatic N) is 2. The Morgan fingerprint density at radius 1 is 1.33 bits per heavy atom. The van der Waals surface area contributed by atoms with E-state index in [9.17, 15) is 9.59 Å². The Balaban J connectivity index is 1.53. The van der Waals surface area contributed by atoms with Crippen molar-refractivity contribution in [2.75, 3.05) is 13.1 Å². The predicted octanol–water partition coefficient (Wildman–Crippen LogP) is 2.37. The molecule has 1 fully saturated rings. The second-order valence-electron chi connectivity index (χ2n) is 6.18. The first-order chi connectivity index (χ1) is 11.5. The topological polar surface area (TPSA) is 51.5 Å². The maximum atomic E-state index is 12.3. The molecule has 0 unspecified atom stereocenters. The third-order valence-corrected chi connectivity index (χ3v) is 5.36. The van der Waals surface area contributed by atoms with Crippen molar-refractivity contribution >= 4 is 17.2 Å². The van der Waals surface area contributed by atoms with Crippen molar-refractivity contribution in [2.45, 2.75) is 32.3 Å². The molecule has 0 saturated carbocycles. The quantitative estimate of drug-likeness (QED) is 0.854. The van der Waals surface area contributed by atoms with Gasteiger partial charge >= 0.3 is 0 Å². The molecule has 5 nitrogen and oxygen atoms in total. The molecule has 0 bridgehead atoms. The molecule has 1 aliphatic rings. The van der Waals surface area contributed by atoms with Crippen LogP contribution in [0.15, 0.2) is 34.4 Å². The maximum Gasteiger partial charge on any atom is 0.254 e. The molecule has 0 N–H and O–H groups in total. The predicted molar refractivity (Wildman–Crippen MR) is 94.7 cm³/mol. The van der Waals surface area contributed by atoms with Crippen molar-refractivity contribution in [1.82, 2.24) is 9.47 Å². The minimum absolute atomic E-state index is 0.0577. The van der Waals surface area contributed by atoms with Gasteiger partial charge in [-0.15, -0.1) is 11.3 Å². The summed E-state index contributed by atoms with van der Waals surface area (Å²) in [5.74, 6) is 0.805. The number of carbonyl (C=O) groups is 1. The van der Waals surface area contributed by atoms with Crippen LogP contribution in [0, 0.1) is 6.92 Å². The lowest BCUT2D eigenvalue weighted by molar-refractivity contribution is -0.132. The smallest absolute Gasteiger partial charge is 0.254 e. The van der Waals surface area contributed by atoms with Crippen LogP contribution in [0.25, 0.3) is 0 Å². The molecular weight excluding hydrogens is 324 g/mol. The van der Waals surface area contributed by atoms with Gasteiger partial charge in [0.15, 0.2) is 0 Å². The molecule has 128 valence electrons. The zero-order chi connectivity index (χ0) is 17.1. The summed E-state index contributed by atoms with van der Waals surface area (Å²) in [5, 5.41) is 1.99. The van der Waals surface area contributed by atoms with E-state index in [0.29, 0.717) is 25.3 Å². The second-order valence-corrected chi connectivity index (χ2v) is 7.22. The molecule has 24 heavy (non-hydrogen) atoms. The van der Waals surface area contributed by atoms with Crippen LogP contribution in [0.1, 0.15) is 23.4 Å². The van der Waals surface area contributed by atoms with Gasteiger partial charge in [0.2, 0.25) is 5.91 Å². The number of rotatable bonds is 4. The van der Waals surface area contributed by atoms with E-state index in [-0.39, 0.29) is 17.6 Å². The highest BCUT2D eigenvalue weighted by molar-refractivity contribution is 7.10. The van der Waals surface area contributed by atoms with Crippen LogP contribution >= 0.6 is 11.3 Å². The third-order valence-electron chi connectivity index (χ3n) is 4.48. The number of carbonyl (C=O) groups excluding carboxylic acids is 1. The van der Waals surface area contributed by atoms with Gasteiger partial charge in [0, 0.05) is 49.6 Å². The van der Waals surface area contributed by atoms with Crippen LogP contribution in [-0.4, -0.2) is 34.6 Å². The number of aromatic nitrogens is 1. The van der Waals surface area contributed by atoms with Gasteiger partial charge in [-0.3, -0.25) is 9.59 Å². The van der Waals surface area contributed by atoms with Crippen molar-refractivity contribution < 1.29 is 9.53 Å². The number of hydrogen-bond donors (Lipinski definition) is 0. The Hall–Kier alpha value is -2.08. The standard InChI is InChI=1S/C18H22N2O3S/c1-13-10-15(11-17(21)19(13)2)23-14-5-7-20(8-6-14)18(22)12-16-4-3-9-24-16/h3-4,9-11,14H,5-8,12H2,1-2H3. The van der Waals surface area contributed by atoms with Gasteiger partial charge in [-0.2, -0.15) is 0 Å². The lowest BCUT2D eigenvalue weighted by Crippen LogP contribution is -2.42. The van der Waals surface area contributed by atoms with Gasteiger partial charge in [-0.05, 0) is 24.4 Å². The second kappa shape index (κ2) is 7.21. The summed E-state index contributed by atoms with van der Waals surface area (Å²) in [6.45, 7) is 3.30. The molecule has 6 heteroatoms. The number of thiophene rings is 1. The normalized spacial score (nSPS) is 15.5. The van der Waals surface area contributed by atoms with Gasteiger partial charge < -0.3 is 14.2 Å². The summed E-state index contributed by atoms with van der Waals surface area (Å²) in [4.78, 5) is 27.1. The van der Waals surface area contributed by atoms with E-state index in [1.54, 1.807) is 23.0 Å². The first-order valence-electron chi connectivity index (χ1n) is 8.17. The highest BCUT2D eigenvalue weighted by atomic mass is 32.1. The van der Waals surface area contributed by atoms with E-state index in [4.69, 9.17) is 4.74 Å². The van der Waals surface area contributed by atoms with E-state index in [1.165, 1.54) is 6.07 Å². The van der Waals surface area contributed by atoms with E-state index < -0.39 is 0 Å². The van der Waals surface area contributed by atoms with E-state index in [0.717, 1.165) is 23.4 Å². The third kappa shape index (κ3) is 3.87. The fourth-order valence-electron chi connectivity index (χ4n) is 2.89. The van der Waals surface area contributed by atoms with Crippen molar-refractivity contribution in [1.29, 1.82) is 0 Å². The fourth-order valence-corrected chi connectivity index (χ4v) is 3.59. The van der Waals surface area contributed by atoms with E-state index in [2.05, 4.69) is 0 Å². The van der Waals surface area contributed by atoms with Gasteiger partial charge in [-0.25, -0.2) is 0 Å². The molecule has 1 amide bonds. The zero-order valence-electron chi connectivity index (χ0n) is 14.0. The lowest BCUT2D eigenvalue weighted by Gasteiger charge is -2.32. The van der Waals surface area contributed by atoms with Crippen LogP contribution in [0.2, 0.25) is 0 Å². The maximum absolute atomic E-state index is 12.3. The Morgan fingerprint density at radius 3 is 2.71 bits per heavy atom. The highest BCUT2D eigenvalue weighted by Crippen LogP contribution is 2.20. The monoisotopic (exact) mass is 346 g/mol. The van der Waals surface area contributed by atoms with Crippen LogP contribution in [0.3, 0.4) is 0 Å². The minimum atomic E-state index is -0.0615. The Bertz CT molecular complexity index is 759. The zero-order valence-corrected chi connectivity index (χ0v) is 14.8. The molecule has 2 aromatic heterocycles. The highest BCUT2D eigenvalue weighted by Gasteiger charge is 2.24. The number of aryl methyl sites for hydroxylation is 1. The Morgan fingerprint density at radius 2 is 2.08 bits per heavy atom. The number of likely N-dealkylation sites (tertiary alicyclic amines) is 1. The Labute approximate surface area is 145 Å². The molecule has 0 spiro atoms. The number of pyridine rings is 1. The number of amides is 1. The summed E-state index contributed by atoms with van der Waals surface area (Å²) in [6.07, 6.45) is 2.13. The van der Waals surface area contributed by atoms with Crippen molar-refractivity contribution in [2.24, 2.45) is 7.05 Å². The number of piperidine rings is 1. The van der Waals surface area contributed by atoms with Gasteiger partial charge in [-0.1, -0.05) is 6.07 Å². The molecule has 2 aromatic rings. The molecule has 0 atom stereocenters. The summed E-state index contributed by atoms with van der Waals surface area (Å²) in [5.41, 5.74) is 0.814. The summed E-state index contributed by atoms with van der Waals surface area (Å²) in [6, 6.07) is 7.38. The van der Waals surface area contributed by atoms with Crippen molar-refractivity contribution in [3.63, 3.8) is 0 Å². The molecular formula is C18H22N2O3S.